The molecule has 2 amide bonds. The van der Waals surface area contributed by atoms with Crippen LogP contribution in [-0.4, -0.2) is 61.6 Å². The molecule has 108 valence electrons. The smallest absolute Gasteiger partial charge is 0.245 e. The summed E-state index contributed by atoms with van der Waals surface area (Å²) in [6, 6.07) is 0.138. The summed E-state index contributed by atoms with van der Waals surface area (Å²) in [5, 5.41) is 6.07. The Labute approximate surface area is 113 Å². The summed E-state index contributed by atoms with van der Waals surface area (Å²) in [6.07, 6.45) is 2.88. The van der Waals surface area contributed by atoms with Gasteiger partial charge in [-0.05, 0) is 19.8 Å². The summed E-state index contributed by atoms with van der Waals surface area (Å²) in [5.74, 6) is -0.0848. The second-order valence-corrected chi connectivity index (χ2v) is 5.05. The maximum atomic E-state index is 12.2. The van der Waals surface area contributed by atoms with Gasteiger partial charge in [0.05, 0.1) is 13.2 Å². The number of amides is 2. The van der Waals surface area contributed by atoms with Crippen LogP contribution in [0.3, 0.4) is 0 Å². The van der Waals surface area contributed by atoms with Gasteiger partial charge in [-0.3, -0.25) is 9.59 Å². The molecule has 1 aliphatic heterocycles. The average molecular weight is 269 g/mol. The summed E-state index contributed by atoms with van der Waals surface area (Å²) in [6.45, 7) is 4.45. The van der Waals surface area contributed by atoms with Gasteiger partial charge in [-0.25, -0.2) is 0 Å². The van der Waals surface area contributed by atoms with Gasteiger partial charge in [-0.2, -0.15) is 0 Å². The highest BCUT2D eigenvalue weighted by atomic mass is 16.5. The van der Waals surface area contributed by atoms with Crippen molar-refractivity contribution in [1.82, 2.24) is 15.5 Å². The number of nitrogens with one attached hydrogen (secondary N) is 2. The van der Waals surface area contributed by atoms with Gasteiger partial charge in [0, 0.05) is 32.1 Å². The fourth-order valence-corrected chi connectivity index (χ4v) is 2.23. The zero-order valence-corrected chi connectivity index (χ0v) is 11.5. The van der Waals surface area contributed by atoms with Crippen molar-refractivity contribution in [3.05, 3.63) is 0 Å². The zero-order chi connectivity index (χ0) is 13.7. The highest BCUT2D eigenvalue weighted by Gasteiger charge is 2.32. The fourth-order valence-electron chi connectivity index (χ4n) is 2.23. The average Bonchev–Trinajstić information content (AvgIpc) is 3.23. The lowest BCUT2D eigenvalue weighted by Crippen LogP contribution is -2.56. The van der Waals surface area contributed by atoms with Crippen LogP contribution >= 0.6 is 0 Å². The topological polar surface area (TPSA) is 70.7 Å². The first-order valence-electron chi connectivity index (χ1n) is 7.10. The number of carbonyl (C=O) groups is 2. The first-order valence-corrected chi connectivity index (χ1v) is 7.10. The van der Waals surface area contributed by atoms with Crippen LogP contribution in [0.2, 0.25) is 0 Å². The molecule has 0 aromatic heterocycles. The molecule has 2 N–H and O–H groups in total. The fraction of sp³-hybridized carbons (Fsp3) is 0.846. The van der Waals surface area contributed by atoms with E-state index in [1.807, 2.05) is 6.92 Å². The number of morpholine rings is 1. The van der Waals surface area contributed by atoms with Crippen LogP contribution in [0.5, 0.6) is 0 Å². The first-order chi connectivity index (χ1) is 9.22. The lowest BCUT2D eigenvalue weighted by Gasteiger charge is -2.34. The molecule has 2 rings (SSSR count). The third-order valence-corrected chi connectivity index (χ3v) is 3.45. The summed E-state index contributed by atoms with van der Waals surface area (Å²) in [5.41, 5.74) is 0. The second-order valence-electron chi connectivity index (χ2n) is 5.05. The third-order valence-electron chi connectivity index (χ3n) is 3.45. The molecule has 2 aliphatic rings. The van der Waals surface area contributed by atoms with Crippen molar-refractivity contribution >= 4 is 11.8 Å². The van der Waals surface area contributed by atoms with Gasteiger partial charge < -0.3 is 20.3 Å². The molecule has 0 aromatic rings. The molecule has 1 atom stereocenters. The lowest BCUT2D eigenvalue weighted by atomic mass is 10.2. The normalized spacial score (nSPS) is 23.2. The Kier molecular flexibility index (Phi) is 5.15. The molecule has 6 heteroatoms. The Morgan fingerprint density at radius 3 is 2.84 bits per heavy atom. The van der Waals surface area contributed by atoms with Crippen molar-refractivity contribution in [2.24, 2.45) is 0 Å². The third kappa shape index (κ3) is 4.18. The molecule has 1 heterocycles. The minimum Gasteiger partial charge on any atom is -0.377 e. The van der Waals surface area contributed by atoms with Crippen molar-refractivity contribution in [2.75, 3.05) is 32.8 Å². The Morgan fingerprint density at radius 1 is 1.37 bits per heavy atom. The molecule has 1 saturated carbocycles. The minimum atomic E-state index is -0.470. The monoisotopic (exact) mass is 269 g/mol. The highest BCUT2D eigenvalue weighted by molar-refractivity contribution is 5.88. The molecule has 6 nitrogen and oxygen atoms in total. The van der Waals surface area contributed by atoms with E-state index in [0.29, 0.717) is 45.3 Å². The van der Waals surface area contributed by atoms with Gasteiger partial charge in [0.25, 0.3) is 0 Å². The Bertz CT molecular complexity index is 331. The van der Waals surface area contributed by atoms with Crippen LogP contribution in [0.25, 0.3) is 0 Å². The van der Waals surface area contributed by atoms with E-state index in [1.165, 1.54) is 12.8 Å². The molecular weight excluding hydrogens is 246 g/mol. The van der Waals surface area contributed by atoms with Gasteiger partial charge in [0.2, 0.25) is 11.8 Å². The maximum absolute atomic E-state index is 12.2. The van der Waals surface area contributed by atoms with Crippen molar-refractivity contribution in [3.8, 4) is 0 Å². The van der Waals surface area contributed by atoms with Gasteiger partial charge in [0.1, 0.15) is 6.04 Å². The van der Waals surface area contributed by atoms with Crippen LogP contribution in [0, 0.1) is 0 Å². The Balaban J connectivity index is 1.82. The molecular formula is C13H23N3O3. The Morgan fingerprint density at radius 2 is 2.16 bits per heavy atom. The molecule has 2 fully saturated rings. The van der Waals surface area contributed by atoms with Crippen LogP contribution in [0.4, 0.5) is 0 Å². The number of hydrogen-bond acceptors (Lipinski definition) is 4. The number of likely N-dealkylation sites (N-methyl/N-ethyl adjacent to an activating group) is 1. The van der Waals surface area contributed by atoms with Crippen LogP contribution < -0.4 is 10.6 Å². The number of nitrogens with zero attached hydrogens (tertiary/aromatic N) is 1. The van der Waals surface area contributed by atoms with Crippen molar-refractivity contribution in [1.29, 1.82) is 0 Å². The molecule has 0 spiro atoms. The Hall–Kier alpha value is -1.14. The number of rotatable bonds is 6. The van der Waals surface area contributed by atoms with E-state index in [2.05, 4.69) is 10.6 Å². The first kappa shape index (κ1) is 14.3. The molecule has 1 aliphatic carbocycles. The second kappa shape index (κ2) is 6.86. The number of hydrogen-bond donors (Lipinski definition) is 2. The van der Waals surface area contributed by atoms with Crippen LogP contribution in [0.15, 0.2) is 0 Å². The largest absolute Gasteiger partial charge is 0.377 e. The van der Waals surface area contributed by atoms with Crippen LogP contribution in [0.1, 0.15) is 26.2 Å². The van der Waals surface area contributed by atoms with Crippen molar-refractivity contribution < 1.29 is 14.3 Å². The van der Waals surface area contributed by atoms with E-state index in [-0.39, 0.29) is 11.8 Å². The van der Waals surface area contributed by atoms with Gasteiger partial charge in [-0.15, -0.1) is 0 Å². The van der Waals surface area contributed by atoms with Gasteiger partial charge >= 0.3 is 0 Å². The summed E-state index contributed by atoms with van der Waals surface area (Å²) < 4.78 is 5.31. The predicted molar refractivity (Wildman–Crippen MR) is 70.6 cm³/mol. The molecule has 1 unspecified atom stereocenters. The molecule has 0 bridgehead atoms. The standard InChI is InChI=1S/C13H23N3O3/c1-2-14-13(18)11-9-19-8-7-16(11)12(17)5-6-15-10-3-4-10/h10-11,15H,2-9H2,1H3,(H,14,18). The van der Waals surface area contributed by atoms with E-state index in [0.717, 1.165) is 0 Å². The summed E-state index contributed by atoms with van der Waals surface area (Å²) >= 11 is 0. The summed E-state index contributed by atoms with van der Waals surface area (Å²) in [7, 11) is 0. The van der Waals surface area contributed by atoms with Gasteiger partial charge in [0.15, 0.2) is 0 Å². The molecule has 0 radical (unpaired) electrons. The molecule has 1 saturated heterocycles. The summed E-state index contributed by atoms with van der Waals surface area (Å²) in [4.78, 5) is 25.7. The highest BCUT2D eigenvalue weighted by Crippen LogP contribution is 2.18. The van der Waals surface area contributed by atoms with E-state index in [1.54, 1.807) is 4.90 Å². The molecule has 19 heavy (non-hydrogen) atoms. The van der Waals surface area contributed by atoms with Crippen molar-refractivity contribution in [3.63, 3.8) is 0 Å². The lowest BCUT2D eigenvalue weighted by molar-refractivity contribution is -0.148. The van der Waals surface area contributed by atoms with E-state index >= 15 is 0 Å². The van der Waals surface area contributed by atoms with Crippen LogP contribution in [-0.2, 0) is 14.3 Å². The van der Waals surface area contributed by atoms with E-state index in [9.17, 15) is 9.59 Å². The predicted octanol–water partition coefficient (Wildman–Crippen LogP) is -0.508. The number of carbonyl (C=O) groups excluding carboxylic acids is 2. The van der Waals surface area contributed by atoms with Crippen molar-refractivity contribution in [2.45, 2.75) is 38.3 Å². The maximum Gasteiger partial charge on any atom is 0.245 e. The SMILES string of the molecule is CCNC(=O)C1COCCN1C(=O)CCNC1CC1. The van der Waals surface area contributed by atoms with E-state index < -0.39 is 6.04 Å². The quantitative estimate of drug-likeness (QED) is 0.681. The zero-order valence-electron chi connectivity index (χ0n) is 11.5. The number of ether oxygens (including phenoxy) is 1. The van der Waals surface area contributed by atoms with Gasteiger partial charge in [-0.1, -0.05) is 0 Å². The minimum absolute atomic E-state index is 0.0349. The molecule has 0 aromatic carbocycles. The van der Waals surface area contributed by atoms with E-state index in [4.69, 9.17) is 4.74 Å².